The van der Waals surface area contributed by atoms with Gasteiger partial charge in [0.15, 0.2) is 9.84 Å². The van der Waals surface area contributed by atoms with Crippen molar-refractivity contribution in [1.82, 2.24) is 10.2 Å². The third kappa shape index (κ3) is 2.50. The molecular weight excluding hydrogens is 256 g/mol. The van der Waals surface area contributed by atoms with Gasteiger partial charge in [-0.2, -0.15) is 0 Å². The van der Waals surface area contributed by atoms with Crippen LogP contribution in [-0.4, -0.2) is 54.8 Å². The lowest BCUT2D eigenvalue weighted by molar-refractivity contribution is -0.150. The van der Waals surface area contributed by atoms with Gasteiger partial charge in [0.05, 0.1) is 18.1 Å². The third-order valence-corrected chi connectivity index (χ3v) is 5.24. The highest BCUT2D eigenvalue weighted by Gasteiger charge is 2.43. The van der Waals surface area contributed by atoms with Crippen molar-refractivity contribution in [1.29, 1.82) is 0 Å². The Balaban J connectivity index is 2.21. The van der Waals surface area contributed by atoms with Crippen molar-refractivity contribution >= 4 is 21.7 Å². The van der Waals surface area contributed by atoms with Crippen LogP contribution in [0, 0.1) is 0 Å². The molecule has 1 N–H and O–H groups in total. The number of carbonyl (C=O) groups excluding carboxylic acids is 2. The number of nitrogens with one attached hydrogen (secondary N) is 1. The van der Waals surface area contributed by atoms with Crippen LogP contribution in [0.1, 0.15) is 26.7 Å². The number of piperazine rings is 1. The molecule has 0 aromatic rings. The molecule has 0 aliphatic carbocycles. The number of hydrogen-bond acceptors (Lipinski definition) is 4. The lowest BCUT2D eigenvalue weighted by atomic mass is 9.98. The summed E-state index contributed by atoms with van der Waals surface area (Å²) >= 11 is 0. The molecule has 2 saturated heterocycles. The van der Waals surface area contributed by atoms with Crippen LogP contribution in [0.15, 0.2) is 0 Å². The maximum absolute atomic E-state index is 12.2. The predicted molar refractivity (Wildman–Crippen MR) is 65.6 cm³/mol. The first-order valence-electron chi connectivity index (χ1n) is 6.04. The number of nitrogens with zero attached hydrogens (tertiary/aromatic N) is 1. The lowest BCUT2D eigenvalue weighted by Crippen LogP contribution is -2.66. The summed E-state index contributed by atoms with van der Waals surface area (Å²) in [6.07, 6.45) is 1.20. The molecule has 0 aromatic carbocycles. The smallest absolute Gasteiger partial charge is 0.248 e. The molecule has 1 atom stereocenters. The average molecular weight is 274 g/mol. The van der Waals surface area contributed by atoms with Crippen molar-refractivity contribution in [2.75, 3.05) is 18.1 Å². The summed E-state index contributed by atoms with van der Waals surface area (Å²) in [5.41, 5.74) is -0.948. The summed E-state index contributed by atoms with van der Waals surface area (Å²) in [5, 5.41) is 2.62. The summed E-state index contributed by atoms with van der Waals surface area (Å²) in [6, 6.07) is -0.360. The minimum atomic E-state index is -3.09. The van der Waals surface area contributed by atoms with E-state index in [9.17, 15) is 18.0 Å². The van der Waals surface area contributed by atoms with Crippen molar-refractivity contribution in [3.8, 4) is 0 Å². The van der Waals surface area contributed by atoms with E-state index in [1.165, 1.54) is 4.90 Å². The van der Waals surface area contributed by atoms with Gasteiger partial charge in [-0.3, -0.25) is 9.59 Å². The minimum absolute atomic E-state index is 0.0257. The fourth-order valence-electron chi connectivity index (χ4n) is 2.57. The number of amides is 2. The second-order valence-corrected chi connectivity index (χ2v) is 7.75. The van der Waals surface area contributed by atoms with Crippen LogP contribution in [0.5, 0.6) is 0 Å². The van der Waals surface area contributed by atoms with E-state index >= 15 is 0 Å². The normalized spacial score (nSPS) is 31.0. The molecule has 2 rings (SSSR count). The lowest BCUT2D eigenvalue weighted by Gasteiger charge is -2.42. The Morgan fingerprint density at radius 3 is 2.61 bits per heavy atom. The molecule has 2 aliphatic heterocycles. The maximum atomic E-state index is 12.2. The second-order valence-electron chi connectivity index (χ2n) is 5.52. The van der Waals surface area contributed by atoms with Crippen LogP contribution in [0.2, 0.25) is 0 Å². The largest absolute Gasteiger partial charge is 0.341 e. The Hall–Kier alpha value is -1.11. The summed E-state index contributed by atoms with van der Waals surface area (Å²) < 4.78 is 23.2. The Bertz CT molecular complexity index is 483. The van der Waals surface area contributed by atoms with E-state index in [-0.39, 0.29) is 35.9 Å². The molecule has 0 radical (unpaired) electrons. The maximum Gasteiger partial charge on any atom is 0.248 e. The van der Waals surface area contributed by atoms with Crippen LogP contribution in [0.3, 0.4) is 0 Å². The van der Waals surface area contributed by atoms with Crippen LogP contribution in [0.4, 0.5) is 0 Å². The average Bonchev–Trinajstić information content (AvgIpc) is 2.21. The van der Waals surface area contributed by atoms with E-state index in [0.29, 0.717) is 12.8 Å². The van der Waals surface area contributed by atoms with Gasteiger partial charge >= 0.3 is 0 Å². The van der Waals surface area contributed by atoms with Crippen LogP contribution in [0.25, 0.3) is 0 Å². The Kier molecular flexibility index (Phi) is 3.12. The molecule has 2 aliphatic rings. The number of sulfone groups is 1. The van der Waals surface area contributed by atoms with Crippen molar-refractivity contribution in [3.63, 3.8) is 0 Å². The van der Waals surface area contributed by atoms with Gasteiger partial charge in [0.2, 0.25) is 11.8 Å². The Labute approximate surface area is 107 Å². The van der Waals surface area contributed by atoms with E-state index in [1.54, 1.807) is 13.8 Å². The highest BCUT2D eigenvalue weighted by Crippen LogP contribution is 2.22. The van der Waals surface area contributed by atoms with E-state index in [1.807, 2.05) is 0 Å². The van der Waals surface area contributed by atoms with Crippen LogP contribution in [-0.2, 0) is 19.4 Å². The summed E-state index contributed by atoms with van der Waals surface area (Å²) in [6.45, 7) is 3.23. The van der Waals surface area contributed by atoms with Crippen LogP contribution >= 0.6 is 0 Å². The van der Waals surface area contributed by atoms with Gasteiger partial charge in [0, 0.05) is 6.04 Å². The van der Waals surface area contributed by atoms with Crippen molar-refractivity contribution < 1.29 is 18.0 Å². The molecular formula is C11H18N2O4S. The summed E-state index contributed by atoms with van der Waals surface area (Å²) in [7, 11) is -3.09. The summed E-state index contributed by atoms with van der Waals surface area (Å²) in [4.78, 5) is 25.2. The zero-order valence-corrected chi connectivity index (χ0v) is 11.4. The molecule has 0 aromatic heterocycles. The highest BCUT2D eigenvalue weighted by molar-refractivity contribution is 7.91. The molecule has 0 bridgehead atoms. The van der Waals surface area contributed by atoms with Gasteiger partial charge < -0.3 is 10.2 Å². The summed E-state index contributed by atoms with van der Waals surface area (Å²) in [5.74, 6) is -0.282. The molecule has 2 heterocycles. The first kappa shape index (κ1) is 13.3. The van der Waals surface area contributed by atoms with Crippen molar-refractivity contribution in [2.24, 2.45) is 0 Å². The SMILES string of the molecule is CC1(C)NC(=O)CN(C2CCCS(=O)(=O)C2)C1=O. The zero-order valence-electron chi connectivity index (χ0n) is 10.6. The number of carbonyl (C=O) groups is 2. The standard InChI is InChI=1S/C11H18N2O4S/c1-11(2)10(15)13(6-9(14)12-11)8-4-3-5-18(16,17)7-8/h8H,3-7H2,1-2H3,(H,12,14). The van der Waals surface area contributed by atoms with E-state index in [4.69, 9.17) is 0 Å². The molecule has 1 unspecified atom stereocenters. The van der Waals surface area contributed by atoms with Crippen molar-refractivity contribution in [3.05, 3.63) is 0 Å². The van der Waals surface area contributed by atoms with E-state index < -0.39 is 15.4 Å². The Morgan fingerprint density at radius 1 is 1.33 bits per heavy atom. The topological polar surface area (TPSA) is 83.6 Å². The molecule has 102 valence electrons. The second kappa shape index (κ2) is 4.22. The first-order valence-corrected chi connectivity index (χ1v) is 7.86. The molecule has 7 heteroatoms. The van der Waals surface area contributed by atoms with Crippen molar-refractivity contribution in [2.45, 2.75) is 38.3 Å². The third-order valence-electron chi connectivity index (χ3n) is 3.44. The molecule has 2 amide bonds. The fourth-order valence-corrected chi connectivity index (χ4v) is 4.27. The molecule has 0 saturated carbocycles. The molecule has 2 fully saturated rings. The van der Waals surface area contributed by atoms with Gasteiger partial charge in [0.1, 0.15) is 5.54 Å². The molecule has 18 heavy (non-hydrogen) atoms. The first-order chi connectivity index (χ1) is 8.21. The highest BCUT2D eigenvalue weighted by atomic mass is 32.2. The predicted octanol–water partition coefficient (Wildman–Crippen LogP) is -0.699. The quantitative estimate of drug-likeness (QED) is 0.685. The molecule has 0 spiro atoms. The Morgan fingerprint density at radius 2 is 2.00 bits per heavy atom. The minimum Gasteiger partial charge on any atom is -0.341 e. The van der Waals surface area contributed by atoms with Gasteiger partial charge in [-0.25, -0.2) is 8.42 Å². The fraction of sp³-hybridized carbons (Fsp3) is 0.818. The van der Waals surface area contributed by atoms with Crippen LogP contribution < -0.4 is 5.32 Å². The van der Waals surface area contributed by atoms with Gasteiger partial charge in [-0.15, -0.1) is 0 Å². The monoisotopic (exact) mass is 274 g/mol. The number of hydrogen-bond donors (Lipinski definition) is 1. The zero-order chi connectivity index (χ0) is 13.6. The van der Waals surface area contributed by atoms with E-state index in [0.717, 1.165) is 0 Å². The number of rotatable bonds is 1. The van der Waals surface area contributed by atoms with Gasteiger partial charge in [0.25, 0.3) is 0 Å². The van der Waals surface area contributed by atoms with Gasteiger partial charge in [-0.1, -0.05) is 0 Å². The van der Waals surface area contributed by atoms with E-state index in [2.05, 4.69) is 5.32 Å². The van der Waals surface area contributed by atoms with Gasteiger partial charge in [-0.05, 0) is 26.7 Å². The molecule has 6 nitrogen and oxygen atoms in total.